The van der Waals surface area contributed by atoms with Gasteiger partial charge in [0.25, 0.3) is 0 Å². The number of fused-ring (bicyclic) bond motifs is 1. The van der Waals surface area contributed by atoms with Crippen molar-refractivity contribution in [3.63, 3.8) is 0 Å². The summed E-state index contributed by atoms with van der Waals surface area (Å²) in [6.07, 6.45) is 4.97. The maximum Gasteiger partial charge on any atom is 0.0492 e. The summed E-state index contributed by atoms with van der Waals surface area (Å²) in [7, 11) is 0. The Labute approximate surface area is 104 Å². The molecule has 1 saturated carbocycles. The fourth-order valence-electron chi connectivity index (χ4n) is 3.34. The van der Waals surface area contributed by atoms with Crippen molar-refractivity contribution in [2.24, 2.45) is 17.6 Å². The monoisotopic (exact) mass is 252 g/mol. The zero-order valence-electron chi connectivity index (χ0n) is 9.29. The van der Waals surface area contributed by atoms with Crippen LogP contribution < -0.4 is 11.1 Å². The van der Waals surface area contributed by atoms with Gasteiger partial charge in [-0.2, -0.15) is 0 Å². The molecule has 2 fully saturated rings. The van der Waals surface area contributed by atoms with Crippen LogP contribution in [0.15, 0.2) is 0 Å². The van der Waals surface area contributed by atoms with Crippen molar-refractivity contribution in [2.45, 2.75) is 50.1 Å². The first-order valence-corrected chi connectivity index (χ1v) is 6.28. The third-order valence-electron chi connectivity index (χ3n) is 4.02. The van der Waals surface area contributed by atoms with Crippen LogP contribution in [-0.4, -0.2) is 24.0 Å². The maximum atomic E-state index is 6.35. The molecule has 0 aromatic carbocycles. The summed E-state index contributed by atoms with van der Waals surface area (Å²) in [6, 6.07) is 1.16. The molecule has 1 heterocycles. The Kier molecular flexibility index (Phi) is 5.17. The average molecular weight is 253 g/mol. The van der Waals surface area contributed by atoms with E-state index in [0.717, 1.165) is 24.8 Å². The van der Waals surface area contributed by atoms with E-state index in [-0.39, 0.29) is 12.4 Å². The number of rotatable bonds is 2. The van der Waals surface area contributed by atoms with E-state index in [0.29, 0.717) is 17.5 Å². The second kappa shape index (κ2) is 5.72. The molecule has 4 heteroatoms. The van der Waals surface area contributed by atoms with Crippen molar-refractivity contribution in [2.75, 3.05) is 6.54 Å². The van der Waals surface area contributed by atoms with Gasteiger partial charge in [0.2, 0.25) is 0 Å². The highest BCUT2D eigenvalue weighted by Crippen LogP contribution is 2.40. The van der Waals surface area contributed by atoms with Crippen molar-refractivity contribution < 1.29 is 0 Å². The summed E-state index contributed by atoms with van der Waals surface area (Å²) in [6.45, 7) is 3.09. The topological polar surface area (TPSA) is 38.0 Å². The highest BCUT2D eigenvalue weighted by atomic mass is 35.5. The molecule has 2 rings (SSSR count). The molecule has 1 saturated heterocycles. The zero-order chi connectivity index (χ0) is 10.1. The molecule has 0 aromatic rings. The first kappa shape index (κ1) is 13.6. The van der Waals surface area contributed by atoms with Gasteiger partial charge in [0.1, 0.15) is 0 Å². The van der Waals surface area contributed by atoms with Crippen LogP contribution in [0.2, 0.25) is 0 Å². The van der Waals surface area contributed by atoms with Gasteiger partial charge in [-0.25, -0.2) is 0 Å². The molecule has 15 heavy (non-hydrogen) atoms. The van der Waals surface area contributed by atoms with Crippen molar-refractivity contribution in [1.82, 2.24) is 5.32 Å². The van der Waals surface area contributed by atoms with Crippen molar-refractivity contribution in [3.05, 3.63) is 0 Å². The molecule has 1 aliphatic carbocycles. The van der Waals surface area contributed by atoms with Crippen LogP contribution in [-0.2, 0) is 0 Å². The predicted octanol–water partition coefficient (Wildman–Crippen LogP) is 2.14. The summed E-state index contributed by atoms with van der Waals surface area (Å²) in [5.74, 6) is 1.54. The van der Waals surface area contributed by atoms with Gasteiger partial charge in [0, 0.05) is 17.5 Å². The Hall–Kier alpha value is 0.500. The molecule has 0 aromatic heterocycles. The first-order chi connectivity index (χ1) is 6.74. The SMILES string of the molecule is CC1NC2C(Cl)CCCC2C1CCN.Cl. The number of nitrogens with one attached hydrogen (secondary N) is 1. The highest BCUT2D eigenvalue weighted by Gasteiger charge is 2.44. The molecular formula is C11H22Cl2N2. The van der Waals surface area contributed by atoms with E-state index in [1.807, 2.05) is 0 Å². The van der Waals surface area contributed by atoms with Gasteiger partial charge < -0.3 is 11.1 Å². The number of alkyl halides is 1. The van der Waals surface area contributed by atoms with Gasteiger partial charge in [0.15, 0.2) is 0 Å². The standard InChI is InChI=1S/C11H21ClN2.ClH/c1-7-8(5-6-13)9-3-2-4-10(12)11(9)14-7;/h7-11,14H,2-6,13H2,1H3;1H. The number of hydrogen-bond donors (Lipinski definition) is 2. The first-order valence-electron chi connectivity index (χ1n) is 5.84. The fourth-order valence-corrected chi connectivity index (χ4v) is 3.75. The molecule has 0 spiro atoms. The van der Waals surface area contributed by atoms with Gasteiger partial charge in [-0.05, 0) is 44.6 Å². The van der Waals surface area contributed by atoms with Crippen molar-refractivity contribution in [1.29, 1.82) is 0 Å². The lowest BCUT2D eigenvalue weighted by Gasteiger charge is -2.32. The smallest absolute Gasteiger partial charge is 0.0492 e. The summed E-state index contributed by atoms with van der Waals surface area (Å²) >= 11 is 6.35. The minimum Gasteiger partial charge on any atom is -0.330 e. The van der Waals surface area contributed by atoms with Crippen molar-refractivity contribution >= 4 is 24.0 Å². The van der Waals surface area contributed by atoms with Crippen LogP contribution in [0.5, 0.6) is 0 Å². The zero-order valence-corrected chi connectivity index (χ0v) is 10.9. The molecule has 1 aliphatic heterocycles. The van der Waals surface area contributed by atoms with E-state index < -0.39 is 0 Å². The average Bonchev–Trinajstić information content (AvgIpc) is 2.47. The molecule has 90 valence electrons. The minimum absolute atomic E-state index is 0. The van der Waals surface area contributed by atoms with Crippen molar-refractivity contribution in [3.8, 4) is 0 Å². The lowest BCUT2D eigenvalue weighted by molar-refractivity contribution is 0.264. The highest BCUT2D eigenvalue weighted by molar-refractivity contribution is 6.21. The minimum atomic E-state index is 0. The molecule has 0 radical (unpaired) electrons. The van der Waals surface area contributed by atoms with Crippen LogP contribution in [0.3, 0.4) is 0 Å². The van der Waals surface area contributed by atoms with Crippen LogP contribution in [0.25, 0.3) is 0 Å². The Morgan fingerprint density at radius 2 is 2.13 bits per heavy atom. The Morgan fingerprint density at radius 3 is 2.80 bits per heavy atom. The number of hydrogen-bond acceptors (Lipinski definition) is 2. The van der Waals surface area contributed by atoms with Crippen LogP contribution in [0.1, 0.15) is 32.6 Å². The molecule has 0 bridgehead atoms. The molecule has 2 aliphatic rings. The number of nitrogens with two attached hydrogens (primary N) is 1. The number of halogens is 2. The third kappa shape index (κ3) is 2.60. The van der Waals surface area contributed by atoms with Crippen LogP contribution in [0.4, 0.5) is 0 Å². The molecule has 3 N–H and O–H groups in total. The molecule has 0 amide bonds. The second-order valence-electron chi connectivity index (χ2n) is 4.83. The van der Waals surface area contributed by atoms with Gasteiger partial charge in [-0.15, -0.1) is 24.0 Å². The normalized spacial score (nSPS) is 44.6. The summed E-state index contributed by atoms with van der Waals surface area (Å²) in [4.78, 5) is 0. The maximum absolute atomic E-state index is 6.35. The Bertz CT molecular complexity index is 201. The van der Waals surface area contributed by atoms with Crippen LogP contribution in [0, 0.1) is 11.8 Å². The van der Waals surface area contributed by atoms with E-state index in [2.05, 4.69) is 12.2 Å². The second-order valence-corrected chi connectivity index (χ2v) is 5.39. The van der Waals surface area contributed by atoms with Gasteiger partial charge >= 0.3 is 0 Å². The lowest BCUT2D eigenvalue weighted by Crippen LogP contribution is -2.40. The Morgan fingerprint density at radius 1 is 1.40 bits per heavy atom. The molecule has 5 atom stereocenters. The fraction of sp³-hybridized carbons (Fsp3) is 1.00. The summed E-state index contributed by atoms with van der Waals surface area (Å²) < 4.78 is 0. The quantitative estimate of drug-likeness (QED) is 0.740. The summed E-state index contributed by atoms with van der Waals surface area (Å²) in [5.41, 5.74) is 5.67. The Balaban J connectivity index is 0.00000112. The van der Waals surface area contributed by atoms with E-state index in [9.17, 15) is 0 Å². The molecule has 5 unspecified atom stereocenters. The molecular weight excluding hydrogens is 231 g/mol. The molecule has 2 nitrogen and oxygen atoms in total. The van der Waals surface area contributed by atoms with E-state index in [4.69, 9.17) is 17.3 Å². The van der Waals surface area contributed by atoms with E-state index in [1.54, 1.807) is 0 Å². The summed E-state index contributed by atoms with van der Waals surface area (Å²) in [5, 5.41) is 4.00. The lowest BCUT2D eigenvalue weighted by atomic mass is 9.77. The van der Waals surface area contributed by atoms with Crippen LogP contribution >= 0.6 is 24.0 Å². The largest absolute Gasteiger partial charge is 0.330 e. The van der Waals surface area contributed by atoms with Gasteiger partial charge in [0.05, 0.1) is 0 Å². The van der Waals surface area contributed by atoms with E-state index in [1.165, 1.54) is 19.3 Å². The van der Waals surface area contributed by atoms with Gasteiger partial charge in [-0.1, -0.05) is 6.42 Å². The van der Waals surface area contributed by atoms with E-state index >= 15 is 0 Å². The van der Waals surface area contributed by atoms with Gasteiger partial charge in [-0.3, -0.25) is 0 Å². The third-order valence-corrected chi connectivity index (χ3v) is 4.51. The predicted molar refractivity (Wildman–Crippen MR) is 67.8 cm³/mol.